The summed E-state index contributed by atoms with van der Waals surface area (Å²) in [4.78, 5) is 11.6. The molecule has 2 N–H and O–H groups in total. The van der Waals surface area contributed by atoms with Gasteiger partial charge in [-0.3, -0.25) is 0 Å². The van der Waals surface area contributed by atoms with Gasteiger partial charge >= 0.3 is 6.03 Å². The monoisotopic (exact) mass is 243 g/mol. The third-order valence-corrected chi connectivity index (χ3v) is 2.61. The molecular formula is C14H17N3O. The first kappa shape index (κ1) is 13.8. The zero-order chi connectivity index (χ0) is 13.5. The van der Waals surface area contributed by atoms with Crippen LogP contribution in [0.4, 0.5) is 10.5 Å². The van der Waals surface area contributed by atoms with Crippen LogP contribution in [0.25, 0.3) is 0 Å². The van der Waals surface area contributed by atoms with Gasteiger partial charge in [-0.1, -0.05) is 19.4 Å². The SMILES string of the molecule is C/C(=C\NC(=O)Nc1ccc(C#N)cc1)C(C)C. The van der Waals surface area contributed by atoms with Crippen molar-refractivity contribution in [3.05, 3.63) is 41.6 Å². The van der Waals surface area contributed by atoms with Crippen molar-refractivity contribution in [2.24, 2.45) is 5.92 Å². The van der Waals surface area contributed by atoms with Crippen LogP contribution in [0.2, 0.25) is 0 Å². The maximum Gasteiger partial charge on any atom is 0.323 e. The number of hydrogen-bond acceptors (Lipinski definition) is 2. The summed E-state index contributed by atoms with van der Waals surface area (Å²) in [6, 6.07) is 8.43. The maximum absolute atomic E-state index is 11.6. The molecule has 0 bridgehead atoms. The van der Waals surface area contributed by atoms with Crippen LogP contribution in [0, 0.1) is 17.2 Å². The minimum Gasteiger partial charge on any atom is -0.314 e. The van der Waals surface area contributed by atoms with Crippen LogP contribution < -0.4 is 10.6 Å². The predicted molar refractivity (Wildman–Crippen MR) is 71.9 cm³/mol. The number of urea groups is 1. The van der Waals surface area contributed by atoms with Crippen LogP contribution in [0.3, 0.4) is 0 Å². The van der Waals surface area contributed by atoms with Crippen molar-refractivity contribution in [2.45, 2.75) is 20.8 Å². The van der Waals surface area contributed by atoms with Gasteiger partial charge in [-0.15, -0.1) is 0 Å². The summed E-state index contributed by atoms with van der Waals surface area (Å²) in [5.74, 6) is 0.403. The molecule has 1 aromatic rings. The fourth-order valence-electron chi connectivity index (χ4n) is 1.14. The van der Waals surface area contributed by atoms with E-state index >= 15 is 0 Å². The summed E-state index contributed by atoms with van der Waals surface area (Å²) in [5, 5.41) is 14.0. The standard InChI is InChI=1S/C14H17N3O/c1-10(2)11(3)9-16-14(18)17-13-6-4-12(8-15)5-7-13/h4-7,9-10H,1-3H3,(H2,16,17,18)/b11-9+. The predicted octanol–water partition coefficient (Wildman–Crippen LogP) is 3.24. The summed E-state index contributed by atoms with van der Waals surface area (Å²) in [6.07, 6.45) is 1.70. The molecule has 18 heavy (non-hydrogen) atoms. The van der Waals surface area contributed by atoms with Gasteiger partial charge in [0.15, 0.2) is 0 Å². The van der Waals surface area contributed by atoms with Gasteiger partial charge in [-0.2, -0.15) is 5.26 Å². The molecule has 4 nitrogen and oxygen atoms in total. The Morgan fingerprint density at radius 1 is 1.33 bits per heavy atom. The summed E-state index contributed by atoms with van der Waals surface area (Å²) in [5.41, 5.74) is 2.32. The van der Waals surface area contributed by atoms with E-state index in [1.54, 1.807) is 30.5 Å². The first-order valence-corrected chi connectivity index (χ1v) is 5.77. The highest BCUT2D eigenvalue weighted by molar-refractivity contribution is 5.89. The molecule has 0 aromatic heterocycles. The highest BCUT2D eigenvalue weighted by atomic mass is 16.2. The Morgan fingerprint density at radius 2 is 1.94 bits per heavy atom. The molecule has 0 aliphatic carbocycles. The van der Waals surface area contributed by atoms with E-state index < -0.39 is 0 Å². The Kier molecular flexibility index (Phi) is 4.94. The molecule has 0 unspecified atom stereocenters. The molecule has 0 heterocycles. The average molecular weight is 243 g/mol. The van der Waals surface area contributed by atoms with E-state index in [0.717, 1.165) is 5.57 Å². The van der Waals surface area contributed by atoms with Gasteiger partial charge in [-0.05, 0) is 37.1 Å². The molecule has 0 radical (unpaired) electrons. The van der Waals surface area contributed by atoms with Gasteiger partial charge in [0.05, 0.1) is 11.6 Å². The summed E-state index contributed by atoms with van der Waals surface area (Å²) in [6.45, 7) is 6.09. The lowest BCUT2D eigenvalue weighted by Crippen LogP contribution is -2.24. The molecule has 2 amide bonds. The van der Waals surface area contributed by atoms with Crippen molar-refractivity contribution in [3.8, 4) is 6.07 Å². The lowest BCUT2D eigenvalue weighted by molar-refractivity contribution is 0.255. The molecule has 94 valence electrons. The van der Waals surface area contributed by atoms with Crippen LogP contribution >= 0.6 is 0 Å². The Morgan fingerprint density at radius 3 is 2.44 bits per heavy atom. The smallest absolute Gasteiger partial charge is 0.314 e. The molecule has 0 aliphatic heterocycles. The Labute approximate surface area is 107 Å². The van der Waals surface area contributed by atoms with Crippen molar-refractivity contribution in [3.63, 3.8) is 0 Å². The van der Waals surface area contributed by atoms with Crippen molar-refractivity contribution in [1.82, 2.24) is 5.32 Å². The molecule has 0 fully saturated rings. The number of carbonyl (C=O) groups excluding carboxylic acids is 1. The van der Waals surface area contributed by atoms with Crippen molar-refractivity contribution >= 4 is 11.7 Å². The molecule has 0 saturated carbocycles. The van der Waals surface area contributed by atoms with Gasteiger partial charge in [0.1, 0.15) is 0 Å². The third-order valence-electron chi connectivity index (χ3n) is 2.61. The number of allylic oxidation sites excluding steroid dienone is 1. The maximum atomic E-state index is 11.6. The lowest BCUT2D eigenvalue weighted by atomic mass is 10.1. The van der Waals surface area contributed by atoms with Gasteiger partial charge in [0, 0.05) is 11.9 Å². The zero-order valence-electron chi connectivity index (χ0n) is 10.8. The van der Waals surface area contributed by atoms with Crippen molar-refractivity contribution in [2.75, 3.05) is 5.32 Å². The van der Waals surface area contributed by atoms with Crippen LogP contribution in [0.15, 0.2) is 36.0 Å². The van der Waals surface area contributed by atoms with E-state index in [1.807, 2.05) is 13.0 Å². The quantitative estimate of drug-likeness (QED) is 0.855. The highest BCUT2D eigenvalue weighted by Gasteiger charge is 2.01. The topological polar surface area (TPSA) is 64.9 Å². The molecule has 0 aliphatic rings. The number of nitriles is 1. The van der Waals surface area contributed by atoms with Crippen molar-refractivity contribution in [1.29, 1.82) is 5.26 Å². The molecule has 0 spiro atoms. The largest absolute Gasteiger partial charge is 0.323 e. The second-order valence-electron chi connectivity index (χ2n) is 4.33. The Hall–Kier alpha value is -2.28. The van der Waals surface area contributed by atoms with Crippen molar-refractivity contribution < 1.29 is 4.79 Å². The van der Waals surface area contributed by atoms with Crippen LogP contribution in [0.5, 0.6) is 0 Å². The van der Waals surface area contributed by atoms with Gasteiger partial charge in [0.2, 0.25) is 0 Å². The van der Waals surface area contributed by atoms with E-state index in [2.05, 4.69) is 24.5 Å². The number of rotatable bonds is 3. The van der Waals surface area contributed by atoms with E-state index in [0.29, 0.717) is 17.2 Å². The Balaban J connectivity index is 2.55. The van der Waals surface area contributed by atoms with E-state index in [9.17, 15) is 4.79 Å². The Bertz CT molecular complexity index is 481. The van der Waals surface area contributed by atoms with E-state index in [4.69, 9.17) is 5.26 Å². The number of amides is 2. The molecule has 0 saturated heterocycles. The van der Waals surface area contributed by atoms with E-state index in [1.165, 1.54) is 0 Å². The molecular weight excluding hydrogens is 226 g/mol. The van der Waals surface area contributed by atoms with Gasteiger partial charge in [-0.25, -0.2) is 4.79 Å². The average Bonchev–Trinajstić information content (AvgIpc) is 2.36. The number of hydrogen-bond donors (Lipinski definition) is 2. The van der Waals surface area contributed by atoms with Crippen LogP contribution in [-0.4, -0.2) is 6.03 Å². The van der Waals surface area contributed by atoms with Crippen LogP contribution in [-0.2, 0) is 0 Å². The number of nitrogens with zero attached hydrogens (tertiary/aromatic N) is 1. The number of anilines is 1. The van der Waals surface area contributed by atoms with Gasteiger partial charge < -0.3 is 10.6 Å². The first-order chi connectivity index (χ1) is 8.52. The first-order valence-electron chi connectivity index (χ1n) is 5.77. The zero-order valence-corrected chi connectivity index (χ0v) is 10.8. The fraction of sp³-hybridized carbons (Fsp3) is 0.286. The molecule has 0 atom stereocenters. The minimum absolute atomic E-state index is 0.292. The highest BCUT2D eigenvalue weighted by Crippen LogP contribution is 2.09. The summed E-state index contributed by atoms with van der Waals surface area (Å²) in [7, 11) is 0. The van der Waals surface area contributed by atoms with Gasteiger partial charge in [0.25, 0.3) is 0 Å². The summed E-state index contributed by atoms with van der Waals surface area (Å²) >= 11 is 0. The minimum atomic E-state index is -0.292. The number of carbonyl (C=O) groups is 1. The molecule has 1 aromatic carbocycles. The fourth-order valence-corrected chi connectivity index (χ4v) is 1.14. The summed E-state index contributed by atoms with van der Waals surface area (Å²) < 4.78 is 0. The number of nitrogens with one attached hydrogen (secondary N) is 2. The number of benzene rings is 1. The second kappa shape index (κ2) is 6.45. The third kappa shape index (κ3) is 4.30. The molecule has 1 rings (SSSR count). The lowest BCUT2D eigenvalue weighted by Gasteiger charge is -2.07. The second-order valence-corrected chi connectivity index (χ2v) is 4.33. The molecule has 4 heteroatoms. The van der Waals surface area contributed by atoms with Crippen LogP contribution in [0.1, 0.15) is 26.3 Å². The normalized spacial score (nSPS) is 10.9. The van der Waals surface area contributed by atoms with E-state index in [-0.39, 0.29) is 6.03 Å².